The van der Waals surface area contributed by atoms with Crippen LogP contribution in [0.4, 0.5) is 0 Å². The van der Waals surface area contributed by atoms with E-state index in [9.17, 15) is 10.1 Å². The summed E-state index contributed by atoms with van der Waals surface area (Å²) in [7, 11) is 0. The summed E-state index contributed by atoms with van der Waals surface area (Å²) in [6, 6.07) is 15.2. The average molecular weight is 448 g/mol. The van der Waals surface area contributed by atoms with Crippen molar-refractivity contribution in [3.05, 3.63) is 65.0 Å². The average Bonchev–Trinajstić information content (AvgIpc) is 2.83. The molecule has 1 fully saturated rings. The number of pyridine rings is 1. The fraction of sp³-hybridized carbons (Fsp3) is 0.423. The Morgan fingerprint density at radius 3 is 2.70 bits per heavy atom. The van der Waals surface area contributed by atoms with Crippen molar-refractivity contribution in [2.75, 3.05) is 39.3 Å². The zero-order valence-corrected chi connectivity index (χ0v) is 19.5. The molecule has 0 radical (unpaired) electrons. The Morgan fingerprint density at radius 1 is 1.27 bits per heavy atom. The molecule has 33 heavy (non-hydrogen) atoms. The number of ether oxygens (including phenoxy) is 1. The number of hydrogen-bond acceptors (Lipinski definition) is 6. The van der Waals surface area contributed by atoms with E-state index in [1.807, 2.05) is 49.4 Å². The van der Waals surface area contributed by atoms with Crippen LogP contribution in [0.15, 0.2) is 48.0 Å². The minimum Gasteiger partial charge on any atom is -0.492 e. The van der Waals surface area contributed by atoms with Gasteiger partial charge in [-0.25, -0.2) is 0 Å². The summed E-state index contributed by atoms with van der Waals surface area (Å²) < 4.78 is 5.91. The summed E-state index contributed by atoms with van der Waals surface area (Å²) in [4.78, 5) is 19.6. The lowest BCUT2D eigenvalue weighted by atomic mass is 10.0. The Balaban J connectivity index is 1.60. The number of carbonyl (C=O) groups is 1. The molecular weight excluding hydrogens is 414 g/mol. The number of rotatable bonds is 10. The van der Waals surface area contributed by atoms with Crippen molar-refractivity contribution < 1.29 is 9.53 Å². The smallest absolute Gasteiger partial charge is 0.262 e. The van der Waals surface area contributed by atoms with Crippen molar-refractivity contribution in [1.82, 2.24) is 20.5 Å². The fourth-order valence-corrected chi connectivity index (χ4v) is 3.81. The number of aromatic nitrogens is 1. The summed E-state index contributed by atoms with van der Waals surface area (Å²) in [6.07, 6.45) is 3.20. The Kier molecular flexibility index (Phi) is 9.43. The molecule has 1 aliphatic rings. The van der Waals surface area contributed by atoms with Crippen LogP contribution in [-0.4, -0.2) is 55.1 Å². The van der Waals surface area contributed by atoms with Gasteiger partial charge >= 0.3 is 0 Å². The Labute approximate surface area is 196 Å². The highest BCUT2D eigenvalue weighted by molar-refractivity contribution is 6.01. The summed E-state index contributed by atoms with van der Waals surface area (Å²) in [6.45, 7) is 9.69. The van der Waals surface area contributed by atoms with Crippen LogP contribution in [0.3, 0.4) is 0 Å². The van der Waals surface area contributed by atoms with Gasteiger partial charge in [0.25, 0.3) is 5.91 Å². The molecule has 1 unspecified atom stereocenters. The van der Waals surface area contributed by atoms with Gasteiger partial charge in [0.2, 0.25) is 0 Å². The van der Waals surface area contributed by atoms with Crippen LogP contribution < -0.4 is 15.4 Å². The maximum Gasteiger partial charge on any atom is 0.262 e. The maximum absolute atomic E-state index is 12.8. The van der Waals surface area contributed by atoms with Gasteiger partial charge in [0, 0.05) is 38.4 Å². The largest absolute Gasteiger partial charge is 0.492 e. The Bertz CT molecular complexity index is 975. The number of nitrogens with zero attached hydrogens (tertiary/aromatic N) is 3. The summed E-state index contributed by atoms with van der Waals surface area (Å²) >= 11 is 0. The molecule has 0 aliphatic carbocycles. The molecule has 174 valence electrons. The molecule has 2 aromatic rings. The van der Waals surface area contributed by atoms with Gasteiger partial charge in [0.15, 0.2) is 0 Å². The number of hydrogen-bond donors (Lipinski definition) is 2. The van der Waals surface area contributed by atoms with Crippen LogP contribution in [0.25, 0.3) is 6.08 Å². The second-order valence-corrected chi connectivity index (χ2v) is 8.20. The maximum atomic E-state index is 12.8. The second kappa shape index (κ2) is 12.7. The topological polar surface area (TPSA) is 90.3 Å². The first kappa shape index (κ1) is 24.4. The van der Waals surface area contributed by atoms with E-state index < -0.39 is 5.91 Å². The van der Waals surface area contributed by atoms with Crippen molar-refractivity contribution in [2.24, 2.45) is 0 Å². The van der Waals surface area contributed by atoms with Crippen LogP contribution in [-0.2, 0) is 4.79 Å². The predicted molar refractivity (Wildman–Crippen MR) is 130 cm³/mol. The van der Waals surface area contributed by atoms with Crippen molar-refractivity contribution in [3.8, 4) is 11.8 Å². The molecule has 7 nitrogen and oxygen atoms in total. The van der Waals surface area contributed by atoms with E-state index in [4.69, 9.17) is 4.74 Å². The lowest BCUT2D eigenvalue weighted by Crippen LogP contribution is -2.44. The van der Waals surface area contributed by atoms with Gasteiger partial charge in [-0.3, -0.25) is 14.7 Å². The van der Waals surface area contributed by atoms with Gasteiger partial charge in [-0.1, -0.05) is 31.5 Å². The number of nitriles is 1. The normalized spacial score (nSPS) is 15.5. The standard InChI is InChI=1S/C26H33N5O2/c1-3-5-25(30-26(32)22(19-27)18-23-7-4-6-20(2)29-23)21-8-10-24(11-9-21)33-17-16-31-14-12-28-13-15-31/h4,6-11,18,25,28H,3,5,12-17H2,1-2H3,(H,30,32)/b22-18+. The SMILES string of the molecule is CCCC(NC(=O)/C(C#N)=C/c1cccc(C)n1)c1ccc(OCCN2CCNCC2)cc1. The van der Waals surface area contributed by atoms with Crippen molar-refractivity contribution in [1.29, 1.82) is 5.26 Å². The highest BCUT2D eigenvalue weighted by Gasteiger charge is 2.17. The number of carbonyl (C=O) groups excluding carboxylic acids is 1. The Morgan fingerprint density at radius 2 is 2.03 bits per heavy atom. The Hall–Kier alpha value is -3.21. The summed E-state index contributed by atoms with van der Waals surface area (Å²) in [5, 5.41) is 15.9. The van der Waals surface area contributed by atoms with Crippen LogP contribution in [0, 0.1) is 18.3 Å². The lowest BCUT2D eigenvalue weighted by Gasteiger charge is -2.27. The van der Waals surface area contributed by atoms with E-state index in [0.717, 1.165) is 62.6 Å². The van der Waals surface area contributed by atoms with E-state index in [1.165, 1.54) is 6.08 Å². The van der Waals surface area contributed by atoms with E-state index in [2.05, 4.69) is 27.4 Å². The number of benzene rings is 1. The molecule has 2 N–H and O–H groups in total. The number of amides is 1. The van der Waals surface area contributed by atoms with E-state index >= 15 is 0 Å². The number of aryl methyl sites for hydroxylation is 1. The van der Waals surface area contributed by atoms with Gasteiger partial charge in [0.1, 0.15) is 24.0 Å². The highest BCUT2D eigenvalue weighted by atomic mass is 16.5. The summed E-state index contributed by atoms with van der Waals surface area (Å²) in [5.74, 6) is 0.425. The minimum absolute atomic E-state index is 0.0436. The first-order valence-electron chi connectivity index (χ1n) is 11.6. The molecule has 1 saturated heterocycles. The first-order valence-corrected chi connectivity index (χ1v) is 11.6. The molecule has 0 saturated carbocycles. The quantitative estimate of drug-likeness (QED) is 0.429. The third-order valence-corrected chi connectivity index (χ3v) is 5.62. The van der Waals surface area contributed by atoms with Crippen LogP contribution >= 0.6 is 0 Å². The molecule has 0 bridgehead atoms. The van der Waals surface area contributed by atoms with Gasteiger partial charge in [-0.2, -0.15) is 5.26 Å². The molecule has 1 atom stereocenters. The second-order valence-electron chi connectivity index (χ2n) is 8.20. The molecule has 1 amide bonds. The van der Waals surface area contributed by atoms with Gasteiger partial charge < -0.3 is 15.4 Å². The third kappa shape index (κ3) is 7.70. The van der Waals surface area contributed by atoms with Gasteiger partial charge in [-0.05, 0) is 49.2 Å². The molecule has 1 aromatic carbocycles. The van der Waals surface area contributed by atoms with E-state index in [0.29, 0.717) is 12.3 Å². The lowest BCUT2D eigenvalue weighted by molar-refractivity contribution is -0.117. The van der Waals surface area contributed by atoms with Crippen LogP contribution in [0.2, 0.25) is 0 Å². The summed E-state index contributed by atoms with van der Waals surface area (Å²) in [5.41, 5.74) is 2.46. The predicted octanol–water partition coefficient (Wildman–Crippen LogP) is 3.24. The fourth-order valence-electron chi connectivity index (χ4n) is 3.81. The molecule has 0 spiro atoms. The molecule has 1 aliphatic heterocycles. The zero-order valence-electron chi connectivity index (χ0n) is 19.5. The van der Waals surface area contributed by atoms with Crippen molar-refractivity contribution in [2.45, 2.75) is 32.7 Å². The van der Waals surface area contributed by atoms with E-state index in [-0.39, 0.29) is 11.6 Å². The van der Waals surface area contributed by atoms with E-state index in [1.54, 1.807) is 6.07 Å². The number of nitrogens with one attached hydrogen (secondary N) is 2. The molecular formula is C26H33N5O2. The highest BCUT2D eigenvalue weighted by Crippen LogP contribution is 2.22. The zero-order chi connectivity index (χ0) is 23.5. The van der Waals surface area contributed by atoms with Crippen LogP contribution in [0.5, 0.6) is 5.75 Å². The number of piperazine rings is 1. The molecule has 2 heterocycles. The molecule has 7 heteroatoms. The molecule has 1 aromatic heterocycles. The third-order valence-electron chi connectivity index (χ3n) is 5.62. The van der Waals surface area contributed by atoms with Gasteiger partial charge in [-0.15, -0.1) is 0 Å². The van der Waals surface area contributed by atoms with Gasteiger partial charge in [0.05, 0.1) is 11.7 Å². The molecule has 3 rings (SSSR count). The first-order chi connectivity index (χ1) is 16.1. The van der Waals surface area contributed by atoms with Crippen molar-refractivity contribution >= 4 is 12.0 Å². The van der Waals surface area contributed by atoms with Crippen LogP contribution in [0.1, 0.15) is 42.8 Å². The minimum atomic E-state index is -0.393. The van der Waals surface area contributed by atoms with Crippen molar-refractivity contribution in [3.63, 3.8) is 0 Å². The monoisotopic (exact) mass is 447 g/mol.